The Hall–Kier alpha value is -2.78. The zero-order valence-corrected chi connectivity index (χ0v) is 20.8. The standard InChI is InChI=1S/C25H27BrN4O4/c1-27-22(32)25(23(33)28(2)24(27)34,11-16-6-8-19(26)9-7-16)15-29-12-17-10-18(14-29)20-4-3-5-21(31)30(20)13-17/h3-9,17-18H,10-15H2,1-2H3. The molecule has 0 aliphatic carbocycles. The molecule has 1 aromatic heterocycles. The number of hydrogen-bond acceptors (Lipinski definition) is 5. The van der Waals surface area contributed by atoms with E-state index in [1.807, 2.05) is 34.9 Å². The number of imide groups is 2. The molecule has 9 heteroatoms. The highest BCUT2D eigenvalue weighted by molar-refractivity contribution is 9.10. The second-order valence-electron chi connectivity index (χ2n) is 9.79. The third-order valence-corrected chi connectivity index (χ3v) is 8.00. The minimum Gasteiger partial charge on any atom is -0.312 e. The topological polar surface area (TPSA) is 82.9 Å². The zero-order valence-electron chi connectivity index (χ0n) is 19.2. The summed E-state index contributed by atoms with van der Waals surface area (Å²) in [6.07, 6.45) is 1.20. The summed E-state index contributed by atoms with van der Waals surface area (Å²) in [7, 11) is 2.88. The van der Waals surface area contributed by atoms with Crippen molar-refractivity contribution in [3.8, 4) is 0 Å². The van der Waals surface area contributed by atoms with Crippen molar-refractivity contribution in [3.63, 3.8) is 0 Å². The van der Waals surface area contributed by atoms with Gasteiger partial charge in [-0.05, 0) is 42.5 Å². The average molecular weight is 527 g/mol. The van der Waals surface area contributed by atoms with Crippen molar-refractivity contribution >= 4 is 33.8 Å². The van der Waals surface area contributed by atoms with Crippen molar-refractivity contribution in [3.05, 3.63) is 68.5 Å². The molecule has 3 aliphatic heterocycles. The Morgan fingerprint density at radius 3 is 2.26 bits per heavy atom. The van der Waals surface area contributed by atoms with Crippen molar-refractivity contribution in [1.82, 2.24) is 19.3 Å². The SMILES string of the molecule is CN1C(=O)N(C)C(=O)C(Cc2ccc(Br)cc2)(CN2CC3CC(C2)c2cccc(=O)n2C3)C1=O. The fraction of sp³-hybridized carbons (Fsp3) is 0.440. The Morgan fingerprint density at radius 1 is 0.912 bits per heavy atom. The van der Waals surface area contributed by atoms with Gasteiger partial charge in [0.2, 0.25) is 11.8 Å². The monoisotopic (exact) mass is 526 g/mol. The summed E-state index contributed by atoms with van der Waals surface area (Å²) in [5.74, 6) is -0.495. The van der Waals surface area contributed by atoms with E-state index in [0.29, 0.717) is 19.6 Å². The second kappa shape index (κ2) is 8.46. The van der Waals surface area contributed by atoms with Gasteiger partial charge >= 0.3 is 6.03 Å². The Kier molecular flexibility index (Phi) is 5.72. The van der Waals surface area contributed by atoms with E-state index in [1.54, 1.807) is 12.1 Å². The number of fused-ring (bicyclic) bond motifs is 4. The van der Waals surface area contributed by atoms with Gasteiger partial charge in [0, 0.05) is 62.4 Å². The molecule has 2 unspecified atom stereocenters. The number of pyridine rings is 1. The molecule has 2 aromatic rings. The fourth-order valence-electron chi connectivity index (χ4n) is 5.93. The van der Waals surface area contributed by atoms with Crippen LogP contribution in [-0.2, 0) is 22.6 Å². The van der Waals surface area contributed by atoms with Gasteiger partial charge in [0.25, 0.3) is 5.56 Å². The van der Waals surface area contributed by atoms with Crippen LogP contribution in [0, 0.1) is 11.3 Å². The predicted octanol–water partition coefficient (Wildman–Crippen LogP) is 2.31. The van der Waals surface area contributed by atoms with Gasteiger partial charge in [-0.25, -0.2) is 4.79 Å². The number of likely N-dealkylation sites (tertiary alicyclic amines) is 1. The highest BCUT2D eigenvalue weighted by atomic mass is 79.9. The normalized spacial score (nSPS) is 24.4. The molecule has 178 valence electrons. The summed E-state index contributed by atoms with van der Waals surface area (Å²) >= 11 is 3.43. The number of carbonyl (C=O) groups is 3. The molecule has 2 saturated heterocycles. The van der Waals surface area contributed by atoms with E-state index >= 15 is 0 Å². The van der Waals surface area contributed by atoms with Gasteiger partial charge in [-0.1, -0.05) is 34.1 Å². The lowest BCUT2D eigenvalue weighted by Gasteiger charge is -2.48. The Morgan fingerprint density at radius 2 is 1.59 bits per heavy atom. The summed E-state index contributed by atoms with van der Waals surface area (Å²) in [6, 6.07) is 12.4. The third kappa shape index (κ3) is 3.71. The van der Waals surface area contributed by atoms with Crippen LogP contribution < -0.4 is 5.56 Å². The number of piperidine rings is 1. The number of carbonyl (C=O) groups excluding carboxylic acids is 3. The lowest BCUT2D eigenvalue weighted by molar-refractivity contribution is -0.159. The van der Waals surface area contributed by atoms with Crippen LogP contribution in [0.1, 0.15) is 23.6 Å². The molecule has 4 heterocycles. The molecule has 4 amide bonds. The maximum atomic E-state index is 13.6. The molecule has 2 atom stereocenters. The van der Waals surface area contributed by atoms with Crippen LogP contribution in [0.25, 0.3) is 0 Å². The van der Waals surface area contributed by atoms with Crippen LogP contribution in [0.4, 0.5) is 4.79 Å². The van der Waals surface area contributed by atoms with E-state index in [2.05, 4.69) is 20.8 Å². The van der Waals surface area contributed by atoms with E-state index in [0.717, 1.165) is 32.0 Å². The maximum Gasteiger partial charge on any atom is 0.332 e. The molecule has 8 nitrogen and oxygen atoms in total. The fourth-order valence-corrected chi connectivity index (χ4v) is 6.20. The molecule has 2 bridgehead atoms. The molecular weight excluding hydrogens is 500 g/mol. The first-order chi connectivity index (χ1) is 16.2. The predicted molar refractivity (Wildman–Crippen MR) is 129 cm³/mol. The number of barbiturate groups is 1. The summed E-state index contributed by atoms with van der Waals surface area (Å²) in [5, 5.41) is 0. The lowest BCUT2D eigenvalue weighted by atomic mass is 9.75. The van der Waals surface area contributed by atoms with Crippen molar-refractivity contribution in [1.29, 1.82) is 0 Å². The highest BCUT2D eigenvalue weighted by Gasteiger charge is 2.56. The lowest BCUT2D eigenvalue weighted by Crippen LogP contribution is -2.67. The van der Waals surface area contributed by atoms with Crippen molar-refractivity contribution in [2.24, 2.45) is 11.3 Å². The molecule has 0 saturated carbocycles. The molecule has 1 aromatic carbocycles. The van der Waals surface area contributed by atoms with Gasteiger partial charge in [0.15, 0.2) is 0 Å². The van der Waals surface area contributed by atoms with Crippen molar-refractivity contribution in [2.45, 2.75) is 25.3 Å². The number of nitrogens with zero attached hydrogens (tertiary/aromatic N) is 4. The number of rotatable bonds is 4. The average Bonchev–Trinajstić information content (AvgIpc) is 2.82. The summed E-state index contributed by atoms with van der Waals surface area (Å²) in [4.78, 5) is 56.5. The zero-order chi connectivity index (χ0) is 24.2. The largest absolute Gasteiger partial charge is 0.332 e. The van der Waals surface area contributed by atoms with Crippen LogP contribution in [-0.4, -0.2) is 70.8 Å². The molecular formula is C25H27BrN4O4. The summed E-state index contributed by atoms with van der Waals surface area (Å²) < 4.78 is 2.78. The van der Waals surface area contributed by atoms with Gasteiger partial charge in [0.05, 0.1) is 0 Å². The number of benzene rings is 1. The molecule has 5 rings (SSSR count). The minimum atomic E-state index is -1.40. The van der Waals surface area contributed by atoms with Crippen LogP contribution in [0.2, 0.25) is 0 Å². The minimum absolute atomic E-state index is 0.0201. The Balaban J connectivity index is 1.50. The van der Waals surface area contributed by atoms with E-state index in [-0.39, 0.29) is 30.4 Å². The maximum absolute atomic E-state index is 13.6. The highest BCUT2D eigenvalue weighted by Crippen LogP contribution is 2.39. The molecule has 2 fully saturated rings. The van der Waals surface area contributed by atoms with E-state index < -0.39 is 23.3 Å². The van der Waals surface area contributed by atoms with Crippen LogP contribution in [0.5, 0.6) is 0 Å². The van der Waals surface area contributed by atoms with Crippen molar-refractivity contribution < 1.29 is 14.4 Å². The smallest absolute Gasteiger partial charge is 0.312 e. The molecule has 0 radical (unpaired) electrons. The molecule has 0 N–H and O–H groups in total. The number of aromatic nitrogens is 1. The van der Waals surface area contributed by atoms with Gasteiger partial charge in [-0.15, -0.1) is 0 Å². The van der Waals surface area contributed by atoms with Crippen molar-refractivity contribution in [2.75, 3.05) is 33.7 Å². The molecule has 3 aliphatic rings. The van der Waals surface area contributed by atoms with E-state index in [9.17, 15) is 19.2 Å². The third-order valence-electron chi connectivity index (χ3n) is 7.47. The van der Waals surface area contributed by atoms with Crippen LogP contribution in [0.3, 0.4) is 0 Å². The number of urea groups is 1. The first-order valence-corrected chi connectivity index (χ1v) is 12.3. The van der Waals surface area contributed by atoms with Gasteiger partial charge in [0.1, 0.15) is 5.41 Å². The van der Waals surface area contributed by atoms with E-state index in [4.69, 9.17) is 0 Å². The van der Waals surface area contributed by atoms with Gasteiger partial charge in [-0.3, -0.25) is 24.2 Å². The molecule has 0 spiro atoms. The summed E-state index contributed by atoms with van der Waals surface area (Å²) in [5.41, 5.74) is 0.496. The van der Waals surface area contributed by atoms with Gasteiger partial charge in [-0.2, -0.15) is 0 Å². The number of hydrogen-bond donors (Lipinski definition) is 0. The second-order valence-corrected chi connectivity index (χ2v) is 10.7. The number of halogens is 1. The van der Waals surface area contributed by atoms with Gasteiger partial charge < -0.3 is 9.47 Å². The van der Waals surface area contributed by atoms with E-state index in [1.165, 1.54) is 14.1 Å². The summed E-state index contributed by atoms with van der Waals surface area (Å²) in [6.45, 7) is 2.22. The van der Waals surface area contributed by atoms with Crippen LogP contribution >= 0.6 is 15.9 Å². The first-order valence-electron chi connectivity index (χ1n) is 11.5. The Labute approximate surface area is 206 Å². The number of amides is 4. The molecule has 34 heavy (non-hydrogen) atoms. The quantitative estimate of drug-likeness (QED) is 0.571. The van der Waals surface area contributed by atoms with Crippen LogP contribution in [0.15, 0.2) is 51.7 Å². The Bertz CT molecular complexity index is 1200. The first kappa shape index (κ1) is 23.0.